The Bertz CT molecular complexity index is 371. The summed E-state index contributed by atoms with van der Waals surface area (Å²) >= 11 is 0. The number of ether oxygens (including phenoxy) is 2. The van der Waals surface area contributed by atoms with Crippen molar-refractivity contribution in [1.29, 1.82) is 0 Å². The molecule has 0 aromatic carbocycles. The quantitative estimate of drug-likeness (QED) is 0.560. The Labute approximate surface area is 104 Å². The number of rotatable bonds is 2. The predicted octanol–water partition coefficient (Wildman–Crippen LogP) is -1.84. The summed E-state index contributed by atoms with van der Waals surface area (Å²) in [7, 11) is 4.23. The molecule has 3 N–H and O–H groups in total. The van der Waals surface area contributed by atoms with E-state index < -0.39 is 29.8 Å². The van der Waals surface area contributed by atoms with Crippen LogP contribution < -0.4 is 11.1 Å². The highest BCUT2D eigenvalue weighted by atomic mass is 16.8. The molecule has 1 aliphatic heterocycles. The Balaban J connectivity index is 3.08. The number of nitrogens with one attached hydrogen (secondary N) is 1. The highest BCUT2D eigenvalue weighted by molar-refractivity contribution is 5.90. The number of cyclic esters (lactones) is 2. The van der Waals surface area contributed by atoms with E-state index in [1.165, 1.54) is 21.1 Å². The molecule has 1 fully saturated rings. The van der Waals surface area contributed by atoms with Gasteiger partial charge >= 0.3 is 23.8 Å². The standard InChI is InChI=1S/C10H17N3O5/c1-12-10(9(16)13(2)3)17-7(14)5-4-6(11)8(15)18-10/h6,12H,4-5,11H2,1-3H3/t6-,10?/m1/s1. The van der Waals surface area contributed by atoms with Crippen LogP contribution in [0.1, 0.15) is 12.8 Å². The van der Waals surface area contributed by atoms with Crippen LogP contribution in [0.4, 0.5) is 0 Å². The van der Waals surface area contributed by atoms with E-state index in [-0.39, 0.29) is 12.8 Å². The topological polar surface area (TPSA) is 111 Å². The van der Waals surface area contributed by atoms with Crippen LogP contribution in [0, 0.1) is 0 Å². The second-order valence-electron chi connectivity index (χ2n) is 4.11. The first kappa shape index (κ1) is 14.4. The summed E-state index contributed by atoms with van der Waals surface area (Å²) in [4.78, 5) is 36.3. The van der Waals surface area contributed by atoms with Crippen molar-refractivity contribution in [2.75, 3.05) is 21.1 Å². The highest BCUT2D eigenvalue weighted by Gasteiger charge is 2.48. The Morgan fingerprint density at radius 1 is 1.44 bits per heavy atom. The fraction of sp³-hybridized carbons (Fsp3) is 0.700. The molecule has 8 heteroatoms. The van der Waals surface area contributed by atoms with Crippen LogP contribution in [0.15, 0.2) is 0 Å². The SMILES string of the molecule is CNC1(C(=O)N(C)C)OC(=O)CC[C@@H](N)C(=O)O1. The van der Waals surface area contributed by atoms with Gasteiger partial charge in [0.15, 0.2) is 0 Å². The van der Waals surface area contributed by atoms with Gasteiger partial charge in [0.1, 0.15) is 6.04 Å². The molecule has 1 rings (SSSR count). The molecule has 102 valence electrons. The molecule has 18 heavy (non-hydrogen) atoms. The van der Waals surface area contributed by atoms with Gasteiger partial charge in [-0.25, -0.2) is 5.32 Å². The maximum atomic E-state index is 12.0. The van der Waals surface area contributed by atoms with Gasteiger partial charge in [0.05, 0.1) is 0 Å². The second-order valence-corrected chi connectivity index (χ2v) is 4.11. The molecule has 1 unspecified atom stereocenters. The van der Waals surface area contributed by atoms with Gasteiger partial charge in [0.2, 0.25) is 0 Å². The fourth-order valence-electron chi connectivity index (χ4n) is 1.43. The molecule has 0 saturated carbocycles. The number of nitrogens with two attached hydrogens (primary N) is 1. The molecule has 1 amide bonds. The Morgan fingerprint density at radius 3 is 2.56 bits per heavy atom. The molecule has 0 aromatic heterocycles. The van der Waals surface area contributed by atoms with Gasteiger partial charge in [-0.1, -0.05) is 0 Å². The summed E-state index contributed by atoms with van der Waals surface area (Å²) in [5.74, 6) is -4.31. The third-order valence-electron chi connectivity index (χ3n) is 2.48. The zero-order valence-corrected chi connectivity index (χ0v) is 10.6. The van der Waals surface area contributed by atoms with Crippen LogP contribution in [0.2, 0.25) is 0 Å². The van der Waals surface area contributed by atoms with E-state index in [0.717, 1.165) is 4.90 Å². The molecule has 1 aliphatic rings. The summed E-state index contributed by atoms with van der Waals surface area (Å²) in [5.41, 5.74) is 5.53. The minimum Gasteiger partial charge on any atom is -0.401 e. The number of carbonyl (C=O) groups excluding carboxylic acids is 3. The fourth-order valence-corrected chi connectivity index (χ4v) is 1.43. The van der Waals surface area contributed by atoms with Crippen LogP contribution in [0.25, 0.3) is 0 Å². The van der Waals surface area contributed by atoms with Crippen molar-refractivity contribution in [3.63, 3.8) is 0 Å². The van der Waals surface area contributed by atoms with Gasteiger partial charge in [0.25, 0.3) is 0 Å². The summed E-state index contributed by atoms with van der Waals surface area (Å²) in [6.45, 7) is 0. The van der Waals surface area contributed by atoms with Gasteiger partial charge in [-0.3, -0.25) is 14.4 Å². The van der Waals surface area contributed by atoms with Crippen LogP contribution in [-0.2, 0) is 23.9 Å². The van der Waals surface area contributed by atoms with E-state index in [2.05, 4.69) is 5.32 Å². The van der Waals surface area contributed by atoms with Crippen molar-refractivity contribution in [3.05, 3.63) is 0 Å². The average molecular weight is 259 g/mol. The lowest BCUT2D eigenvalue weighted by molar-refractivity contribution is -0.243. The minimum absolute atomic E-state index is 0.0552. The Hall–Kier alpha value is -1.67. The molecular weight excluding hydrogens is 242 g/mol. The third-order valence-corrected chi connectivity index (χ3v) is 2.48. The highest BCUT2D eigenvalue weighted by Crippen LogP contribution is 2.18. The number of likely N-dealkylation sites (N-methyl/N-ethyl adjacent to an activating group) is 2. The number of hydrogen-bond acceptors (Lipinski definition) is 7. The summed E-state index contributed by atoms with van der Waals surface area (Å²) in [6.07, 6.45) is 0.0635. The molecule has 2 atom stereocenters. The van der Waals surface area contributed by atoms with Gasteiger partial charge in [-0.05, 0) is 13.5 Å². The molecule has 0 aliphatic carbocycles. The monoisotopic (exact) mass is 259 g/mol. The minimum atomic E-state index is -2.14. The van der Waals surface area contributed by atoms with E-state index in [9.17, 15) is 14.4 Å². The molecule has 1 saturated heterocycles. The Morgan fingerprint density at radius 2 is 2.06 bits per heavy atom. The number of carbonyl (C=O) groups is 3. The lowest BCUT2D eigenvalue weighted by Gasteiger charge is -2.34. The largest absolute Gasteiger partial charge is 0.401 e. The molecule has 0 aromatic rings. The van der Waals surface area contributed by atoms with E-state index in [4.69, 9.17) is 15.2 Å². The zero-order valence-electron chi connectivity index (χ0n) is 10.6. The van der Waals surface area contributed by atoms with E-state index in [1.54, 1.807) is 0 Å². The average Bonchev–Trinajstić information content (AvgIpc) is 2.32. The molecular formula is C10H17N3O5. The van der Waals surface area contributed by atoms with Crippen LogP contribution in [-0.4, -0.2) is 55.8 Å². The van der Waals surface area contributed by atoms with E-state index in [1.807, 2.05) is 0 Å². The third kappa shape index (κ3) is 2.77. The maximum absolute atomic E-state index is 12.0. The first-order valence-electron chi connectivity index (χ1n) is 5.43. The number of hydrogen-bond donors (Lipinski definition) is 2. The lowest BCUT2D eigenvalue weighted by Crippen LogP contribution is -2.62. The smallest absolute Gasteiger partial charge is 0.401 e. The zero-order chi connectivity index (χ0) is 13.9. The molecule has 0 bridgehead atoms. The number of esters is 2. The maximum Gasteiger partial charge on any atom is 0.401 e. The lowest BCUT2D eigenvalue weighted by atomic mass is 10.1. The van der Waals surface area contributed by atoms with Crippen molar-refractivity contribution >= 4 is 17.8 Å². The van der Waals surface area contributed by atoms with E-state index >= 15 is 0 Å². The molecule has 1 heterocycles. The predicted molar refractivity (Wildman–Crippen MR) is 59.9 cm³/mol. The van der Waals surface area contributed by atoms with Crippen molar-refractivity contribution in [3.8, 4) is 0 Å². The Kier molecular flexibility index (Phi) is 4.25. The van der Waals surface area contributed by atoms with Crippen molar-refractivity contribution in [2.45, 2.75) is 24.8 Å². The van der Waals surface area contributed by atoms with Gasteiger partial charge in [-0.2, -0.15) is 0 Å². The van der Waals surface area contributed by atoms with E-state index in [0.29, 0.717) is 0 Å². The number of nitrogens with zero attached hydrogens (tertiary/aromatic N) is 1. The van der Waals surface area contributed by atoms with Gasteiger partial charge in [0, 0.05) is 20.5 Å². The summed E-state index contributed by atoms with van der Waals surface area (Å²) < 4.78 is 9.85. The van der Waals surface area contributed by atoms with Gasteiger partial charge < -0.3 is 20.1 Å². The first-order chi connectivity index (χ1) is 8.32. The van der Waals surface area contributed by atoms with Crippen LogP contribution >= 0.6 is 0 Å². The number of amides is 1. The summed E-state index contributed by atoms with van der Waals surface area (Å²) in [6, 6.07) is -0.958. The van der Waals surface area contributed by atoms with Gasteiger partial charge in [-0.15, -0.1) is 0 Å². The second kappa shape index (κ2) is 5.32. The molecule has 0 spiro atoms. The molecule has 0 radical (unpaired) electrons. The molecule has 8 nitrogen and oxygen atoms in total. The van der Waals surface area contributed by atoms with Crippen molar-refractivity contribution in [2.24, 2.45) is 5.73 Å². The summed E-state index contributed by atoms with van der Waals surface area (Å²) in [5, 5.41) is 2.41. The van der Waals surface area contributed by atoms with Crippen LogP contribution in [0.3, 0.4) is 0 Å². The van der Waals surface area contributed by atoms with Crippen molar-refractivity contribution < 1.29 is 23.9 Å². The van der Waals surface area contributed by atoms with Crippen molar-refractivity contribution in [1.82, 2.24) is 10.2 Å². The first-order valence-corrected chi connectivity index (χ1v) is 5.43. The normalized spacial score (nSPS) is 28.8. The van der Waals surface area contributed by atoms with Crippen LogP contribution in [0.5, 0.6) is 0 Å².